The van der Waals surface area contributed by atoms with Crippen LogP contribution in [-0.4, -0.2) is 12.5 Å². The van der Waals surface area contributed by atoms with E-state index in [9.17, 15) is 0 Å². The van der Waals surface area contributed by atoms with Crippen molar-refractivity contribution >= 4 is 48.0 Å². The lowest BCUT2D eigenvalue weighted by atomic mass is 10.3. The molecule has 0 heterocycles. The first-order valence-electron chi connectivity index (χ1n) is 2.63. The van der Waals surface area contributed by atoms with E-state index < -0.39 is 0 Å². The molecule has 54 valence electrons. The molecule has 10 heavy (non-hydrogen) atoms. The average Bonchev–Trinajstić information content (AvgIpc) is 1.97. The van der Waals surface area contributed by atoms with Gasteiger partial charge >= 0.3 is 0 Å². The van der Waals surface area contributed by atoms with Gasteiger partial charge in [-0.1, -0.05) is 24.4 Å². The standard InChI is InChI=1S/C6H6S4/c1-9-5-3(7)4(8)6(5)10-2/h1-2H3. The van der Waals surface area contributed by atoms with E-state index in [2.05, 4.69) is 0 Å². The maximum Gasteiger partial charge on any atom is 0.0717 e. The Hall–Kier alpha value is 0.620. The van der Waals surface area contributed by atoms with E-state index in [4.69, 9.17) is 24.4 Å². The highest BCUT2D eigenvalue weighted by Crippen LogP contribution is 2.35. The third kappa shape index (κ3) is 1.18. The summed E-state index contributed by atoms with van der Waals surface area (Å²) in [6.45, 7) is 0. The predicted molar refractivity (Wildman–Crippen MR) is 54.0 cm³/mol. The first kappa shape index (κ1) is 8.71. The lowest BCUT2D eigenvalue weighted by molar-refractivity contribution is 1.14. The molecule has 0 aromatic heterocycles. The van der Waals surface area contributed by atoms with Crippen LogP contribution in [0.1, 0.15) is 0 Å². The number of thioether (sulfide) groups is 2. The molecule has 0 unspecified atom stereocenters. The van der Waals surface area contributed by atoms with E-state index >= 15 is 0 Å². The van der Waals surface area contributed by atoms with Gasteiger partial charge in [-0.15, -0.1) is 23.5 Å². The molecule has 0 amide bonds. The molecule has 1 aromatic carbocycles. The minimum absolute atomic E-state index is 0.881. The van der Waals surface area contributed by atoms with Crippen molar-refractivity contribution in [2.24, 2.45) is 0 Å². The molecule has 0 fully saturated rings. The van der Waals surface area contributed by atoms with Crippen LogP contribution in [0.5, 0.6) is 0 Å². The van der Waals surface area contributed by atoms with Crippen LogP contribution in [0.15, 0.2) is 9.79 Å². The molecule has 0 spiro atoms. The second-order valence-electron chi connectivity index (χ2n) is 1.72. The Balaban J connectivity index is 3.16. The fraction of sp³-hybridized carbons (Fsp3) is 0.333. The summed E-state index contributed by atoms with van der Waals surface area (Å²) in [6.07, 6.45) is 4.05. The smallest absolute Gasteiger partial charge is 0.0717 e. The van der Waals surface area contributed by atoms with Crippen molar-refractivity contribution in [2.75, 3.05) is 12.5 Å². The van der Waals surface area contributed by atoms with Crippen LogP contribution < -0.4 is 0 Å². The third-order valence-corrected chi connectivity index (χ3v) is 4.20. The molecule has 0 bridgehead atoms. The fourth-order valence-corrected chi connectivity index (χ4v) is 3.54. The molecular formula is C6H6S4. The SMILES string of the molecule is CSc1c(SC)c(=S)c1=S. The fourth-order valence-electron chi connectivity index (χ4n) is 0.721. The molecule has 4 heteroatoms. The third-order valence-electron chi connectivity index (χ3n) is 1.23. The lowest BCUT2D eigenvalue weighted by Crippen LogP contribution is -1.86. The van der Waals surface area contributed by atoms with Gasteiger partial charge in [0.05, 0.1) is 9.02 Å². The van der Waals surface area contributed by atoms with E-state index in [0.29, 0.717) is 0 Å². The van der Waals surface area contributed by atoms with E-state index in [1.165, 1.54) is 9.79 Å². The highest BCUT2D eigenvalue weighted by atomic mass is 32.2. The summed E-state index contributed by atoms with van der Waals surface area (Å²) in [5.74, 6) is 0. The van der Waals surface area contributed by atoms with Gasteiger partial charge in [-0.25, -0.2) is 0 Å². The molecule has 1 rings (SSSR count). The molecule has 0 saturated heterocycles. The Kier molecular flexibility index (Phi) is 2.91. The van der Waals surface area contributed by atoms with Crippen molar-refractivity contribution in [1.29, 1.82) is 0 Å². The molecule has 0 aliphatic rings. The van der Waals surface area contributed by atoms with Gasteiger partial charge in [-0.2, -0.15) is 0 Å². The zero-order valence-corrected chi connectivity index (χ0v) is 8.90. The van der Waals surface area contributed by atoms with E-state index in [1.807, 2.05) is 12.5 Å². The first-order valence-corrected chi connectivity index (χ1v) is 5.90. The van der Waals surface area contributed by atoms with E-state index in [1.54, 1.807) is 23.5 Å². The van der Waals surface area contributed by atoms with Crippen LogP contribution in [0.2, 0.25) is 0 Å². The zero-order chi connectivity index (χ0) is 7.72. The van der Waals surface area contributed by atoms with Gasteiger partial charge in [-0.05, 0) is 12.5 Å². The second-order valence-corrected chi connectivity index (χ2v) is 4.17. The van der Waals surface area contributed by atoms with Crippen LogP contribution in [0.4, 0.5) is 0 Å². The van der Waals surface area contributed by atoms with Crippen molar-refractivity contribution in [2.45, 2.75) is 9.79 Å². The molecule has 0 aliphatic carbocycles. The zero-order valence-electron chi connectivity index (χ0n) is 5.63. The second kappa shape index (κ2) is 3.34. The van der Waals surface area contributed by atoms with Crippen molar-refractivity contribution in [1.82, 2.24) is 0 Å². The average molecular weight is 206 g/mol. The van der Waals surface area contributed by atoms with Gasteiger partial charge in [0.2, 0.25) is 0 Å². The summed E-state index contributed by atoms with van der Waals surface area (Å²) in [5.41, 5.74) is 0. The van der Waals surface area contributed by atoms with Gasteiger partial charge in [0, 0.05) is 9.79 Å². The Morgan fingerprint density at radius 3 is 1.40 bits per heavy atom. The minimum Gasteiger partial charge on any atom is -0.127 e. The van der Waals surface area contributed by atoms with Crippen LogP contribution in [0.3, 0.4) is 0 Å². The van der Waals surface area contributed by atoms with Crippen molar-refractivity contribution in [3.05, 3.63) is 9.02 Å². The topological polar surface area (TPSA) is 0 Å². The number of rotatable bonds is 2. The summed E-state index contributed by atoms with van der Waals surface area (Å²) in [5, 5.41) is 0. The summed E-state index contributed by atoms with van der Waals surface area (Å²) < 4.78 is 1.76. The Morgan fingerprint density at radius 1 is 0.900 bits per heavy atom. The van der Waals surface area contributed by atoms with Gasteiger partial charge in [0.1, 0.15) is 0 Å². The molecule has 0 atom stereocenters. The van der Waals surface area contributed by atoms with Crippen LogP contribution >= 0.6 is 48.0 Å². The highest BCUT2D eigenvalue weighted by Gasteiger charge is 2.11. The maximum absolute atomic E-state index is 5.04. The first-order chi connectivity index (χ1) is 4.72. The Labute approximate surface area is 79.1 Å². The monoisotopic (exact) mass is 206 g/mol. The molecule has 1 aromatic rings. The largest absolute Gasteiger partial charge is 0.127 e. The summed E-state index contributed by atoms with van der Waals surface area (Å²) >= 11 is 13.4. The molecule has 0 saturated carbocycles. The van der Waals surface area contributed by atoms with Gasteiger partial charge in [0.25, 0.3) is 0 Å². The van der Waals surface area contributed by atoms with Crippen molar-refractivity contribution in [3.63, 3.8) is 0 Å². The van der Waals surface area contributed by atoms with Crippen molar-refractivity contribution < 1.29 is 0 Å². The molecular weight excluding hydrogens is 200 g/mol. The molecule has 0 nitrogen and oxygen atoms in total. The summed E-state index contributed by atoms with van der Waals surface area (Å²) in [6, 6.07) is 0. The lowest BCUT2D eigenvalue weighted by Gasteiger charge is -2.07. The predicted octanol–water partition coefficient (Wildman–Crippen LogP) is 3.46. The van der Waals surface area contributed by atoms with E-state index in [-0.39, 0.29) is 0 Å². The molecule has 0 aliphatic heterocycles. The van der Waals surface area contributed by atoms with Crippen LogP contribution in [0.25, 0.3) is 0 Å². The highest BCUT2D eigenvalue weighted by molar-refractivity contribution is 8.02. The Morgan fingerprint density at radius 2 is 1.20 bits per heavy atom. The van der Waals surface area contributed by atoms with Gasteiger partial charge in [0.15, 0.2) is 0 Å². The molecule has 0 N–H and O–H groups in total. The van der Waals surface area contributed by atoms with Crippen molar-refractivity contribution in [3.8, 4) is 0 Å². The Bertz CT molecular complexity index is 273. The minimum atomic E-state index is 0.881. The number of hydrogen-bond acceptors (Lipinski definition) is 4. The summed E-state index contributed by atoms with van der Waals surface area (Å²) in [4.78, 5) is 2.40. The van der Waals surface area contributed by atoms with E-state index in [0.717, 1.165) is 9.02 Å². The van der Waals surface area contributed by atoms with Crippen LogP contribution in [0, 0.1) is 9.02 Å². The van der Waals surface area contributed by atoms with Gasteiger partial charge < -0.3 is 0 Å². The summed E-state index contributed by atoms with van der Waals surface area (Å²) in [7, 11) is 0. The van der Waals surface area contributed by atoms with Gasteiger partial charge in [-0.3, -0.25) is 0 Å². The molecule has 0 radical (unpaired) electrons. The normalized spacial score (nSPS) is 10.6. The number of hydrogen-bond donors (Lipinski definition) is 0. The van der Waals surface area contributed by atoms with Crippen LogP contribution in [-0.2, 0) is 0 Å². The quantitative estimate of drug-likeness (QED) is 0.536. The maximum atomic E-state index is 5.04.